The molecule has 4 aromatic rings. The average molecular weight is 448 g/mol. The minimum atomic E-state index is -0.357. The molecule has 0 spiro atoms. The fourth-order valence-corrected chi connectivity index (χ4v) is 4.03. The van der Waals surface area contributed by atoms with Crippen LogP contribution in [-0.4, -0.2) is 48.1 Å². The normalized spacial score (nSPS) is 12.3. The number of carbonyl (C=O) groups is 1. The largest absolute Gasteiger partial charge is 0.465 e. The number of likely N-dealkylation sites (N-methyl/N-ethyl adjacent to an activating group) is 1. The number of aromatic amines is 1. The van der Waals surface area contributed by atoms with Crippen molar-refractivity contribution < 1.29 is 9.53 Å². The molecule has 0 aliphatic rings. The Morgan fingerprint density at radius 2 is 1.81 bits per heavy atom. The molecule has 1 unspecified atom stereocenters. The lowest BCUT2D eigenvalue weighted by molar-refractivity contribution is 0.0603. The van der Waals surface area contributed by atoms with E-state index in [1.54, 1.807) is 6.07 Å². The van der Waals surface area contributed by atoms with Gasteiger partial charge < -0.3 is 14.6 Å². The van der Waals surface area contributed by atoms with E-state index >= 15 is 0 Å². The molecule has 0 radical (unpaired) electrons. The third-order valence-corrected chi connectivity index (χ3v) is 6.14. The highest BCUT2D eigenvalue weighted by atomic mass is 35.5. The lowest BCUT2D eigenvalue weighted by Crippen LogP contribution is -2.27. The molecule has 0 bridgehead atoms. The minimum Gasteiger partial charge on any atom is -0.465 e. The Hall–Kier alpha value is -3.15. The van der Waals surface area contributed by atoms with E-state index in [1.807, 2.05) is 48.8 Å². The lowest BCUT2D eigenvalue weighted by atomic mass is 9.95. The van der Waals surface area contributed by atoms with Crippen molar-refractivity contribution in [1.29, 1.82) is 0 Å². The molecule has 164 valence electrons. The first-order valence-corrected chi connectivity index (χ1v) is 10.9. The van der Waals surface area contributed by atoms with Crippen LogP contribution in [0, 0.1) is 0 Å². The van der Waals surface area contributed by atoms with Gasteiger partial charge in [-0.25, -0.2) is 4.79 Å². The van der Waals surface area contributed by atoms with E-state index in [1.165, 1.54) is 7.11 Å². The smallest absolute Gasteiger partial charge is 0.338 e. The Morgan fingerprint density at radius 1 is 1.09 bits per heavy atom. The van der Waals surface area contributed by atoms with Gasteiger partial charge in [-0.15, -0.1) is 0 Å². The van der Waals surface area contributed by atoms with Crippen molar-refractivity contribution in [3.8, 4) is 22.3 Å². The van der Waals surface area contributed by atoms with Crippen molar-refractivity contribution in [2.75, 3.05) is 21.2 Å². The SMILES string of the molecule is COC(=O)c1cccc2[nH]c(CC(C)N(C)C)c(-c3cncc(-c4ccc(Cl)cc4)c3)c12. The maximum absolute atomic E-state index is 12.6. The summed E-state index contributed by atoms with van der Waals surface area (Å²) in [7, 11) is 5.54. The van der Waals surface area contributed by atoms with Gasteiger partial charge in [-0.05, 0) is 56.9 Å². The molecule has 2 heterocycles. The van der Waals surface area contributed by atoms with Crippen LogP contribution in [0.3, 0.4) is 0 Å². The lowest BCUT2D eigenvalue weighted by Gasteiger charge is -2.20. The van der Waals surface area contributed by atoms with Gasteiger partial charge in [0.15, 0.2) is 0 Å². The average Bonchev–Trinajstić information content (AvgIpc) is 3.17. The number of methoxy groups -OCH3 is 1. The first-order valence-electron chi connectivity index (χ1n) is 10.5. The maximum Gasteiger partial charge on any atom is 0.338 e. The van der Waals surface area contributed by atoms with Crippen molar-refractivity contribution in [2.45, 2.75) is 19.4 Å². The third-order valence-electron chi connectivity index (χ3n) is 5.89. The molecule has 0 saturated heterocycles. The van der Waals surface area contributed by atoms with Gasteiger partial charge in [0.05, 0.1) is 12.7 Å². The molecule has 0 fully saturated rings. The van der Waals surface area contributed by atoms with Gasteiger partial charge in [0.1, 0.15) is 0 Å². The van der Waals surface area contributed by atoms with Crippen LogP contribution in [0.2, 0.25) is 5.02 Å². The van der Waals surface area contributed by atoms with Gasteiger partial charge in [0.25, 0.3) is 0 Å². The van der Waals surface area contributed by atoms with Crippen molar-refractivity contribution in [3.05, 3.63) is 77.2 Å². The number of esters is 1. The molecular formula is C26H26ClN3O2. The van der Waals surface area contributed by atoms with E-state index < -0.39 is 0 Å². The van der Waals surface area contributed by atoms with Gasteiger partial charge in [-0.2, -0.15) is 0 Å². The molecule has 1 N–H and O–H groups in total. The van der Waals surface area contributed by atoms with Crippen LogP contribution >= 0.6 is 11.6 Å². The number of nitrogens with one attached hydrogen (secondary N) is 1. The zero-order chi connectivity index (χ0) is 22.8. The summed E-state index contributed by atoms with van der Waals surface area (Å²) in [6.45, 7) is 2.18. The molecule has 0 amide bonds. The number of hydrogen-bond acceptors (Lipinski definition) is 4. The van der Waals surface area contributed by atoms with E-state index in [-0.39, 0.29) is 5.97 Å². The van der Waals surface area contributed by atoms with Gasteiger partial charge in [0.2, 0.25) is 0 Å². The van der Waals surface area contributed by atoms with Gasteiger partial charge in [0, 0.05) is 63.2 Å². The zero-order valence-electron chi connectivity index (χ0n) is 18.6. The van der Waals surface area contributed by atoms with Crippen molar-refractivity contribution in [2.24, 2.45) is 0 Å². The predicted molar refractivity (Wildman–Crippen MR) is 130 cm³/mol. The summed E-state index contributed by atoms with van der Waals surface area (Å²) < 4.78 is 5.08. The Labute approximate surface area is 193 Å². The van der Waals surface area contributed by atoms with Crippen LogP contribution < -0.4 is 0 Å². The summed E-state index contributed by atoms with van der Waals surface area (Å²) in [5.74, 6) is -0.357. The fraction of sp³-hybridized carbons (Fsp3) is 0.231. The number of ether oxygens (including phenoxy) is 1. The van der Waals surface area contributed by atoms with Crippen LogP contribution in [-0.2, 0) is 11.2 Å². The summed E-state index contributed by atoms with van der Waals surface area (Å²) in [6, 6.07) is 15.8. The second-order valence-electron chi connectivity index (χ2n) is 8.18. The van der Waals surface area contributed by atoms with E-state index in [0.29, 0.717) is 16.6 Å². The molecule has 32 heavy (non-hydrogen) atoms. The van der Waals surface area contributed by atoms with E-state index in [4.69, 9.17) is 16.3 Å². The van der Waals surface area contributed by atoms with Gasteiger partial charge >= 0.3 is 5.97 Å². The van der Waals surface area contributed by atoms with E-state index in [0.717, 1.165) is 45.3 Å². The standard InChI is InChI=1S/C26H26ClN3O2/c1-16(30(2)3)12-23-24(25-21(26(31)32-4)6-5-7-22(25)29-23)19-13-18(14-28-15-19)17-8-10-20(27)11-9-17/h5-11,13-16,29H,12H2,1-4H3. The first kappa shape index (κ1) is 22.1. The van der Waals surface area contributed by atoms with E-state index in [2.05, 4.69) is 42.0 Å². The number of fused-ring (bicyclic) bond motifs is 1. The monoisotopic (exact) mass is 447 g/mol. The third kappa shape index (κ3) is 4.27. The molecule has 2 aromatic carbocycles. The second-order valence-corrected chi connectivity index (χ2v) is 8.62. The van der Waals surface area contributed by atoms with Crippen LogP contribution in [0.4, 0.5) is 0 Å². The van der Waals surface area contributed by atoms with Crippen LogP contribution in [0.25, 0.3) is 33.2 Å². The summed E-state index contributed by atoms with van der Waals surface area (Å²) in [5, 5.41) is 1.55. The number of nitrogens with zero attached hydrogens (tertiary/aromatic N) is 2. The predicted octanol–water partition coefficient (Wildman–Crippen LogP) is 5.83. The quantitative estimate of drug-likeness (QED) is 0.378. The highest BCUT2D eigenvalue weighted by Gasteiger charge is 2.22. The molecule has 2 aromatic heterocycles. The van der Waals surface area contributed by atoms with Crippen LogP contribution in [0.15, 0.2) is 60.9 Å². The highest BCUT2D eigenvalue weighted by Crippen LogP contribution is 2.37. The number of aromatic nitrogens is 2. The number of H-pyrrole nitrogens is 1. The highest BCUT2D eigenvalue weighted by molar-refractivity contribution is 6.30. The summed E-state index contributed by atoms with van der Waals surface area (Å²) in [6.07, 6.45) is 4.48. The second kappa shape index (κ2) is 9.15. The summed E-state index contributed by atoms with van der Waals surface area (Å²) in [5.41, 5.74) is 6.44. The van der Waals surface area contributed by atoms with Gasteiger partial charge in [-0.1, -0.05) is 29.8 Å². The molecule has 1 atom stereocenters. The number of hydrogen-bond donors (Lipinski definition) is 1. The fourth-order valence-electron chi connectivity index (χ4n) is 3.91. The Bertz CT molecular complexity index is 1260. The van der Waals surface area contributed by atoms with Crippen LogP contribution in [0.5, 0.6) is 0 Å². The maximum atomic E-state index is 12.6. The minimum absolute atomic E-state index is 0.302. The van der Waals surface area contributed by atoms with E-state index in [9.17, 15) is 4.79 Å². The number of benzene rings is 2. The molecule has 0 aliphatic carbocycles. The summed E-state index contributed by atoms with van der Waals surface area (Å²) in [4.78, 5) is 22.9. The van der Waals surface area contributed by atoms with Crippen LogP contribution in [0.1, 0.15) is 23.0 Å². The Kier molecular flexibility index (Phi) is 6.31. The number of pyridine rings is 1. The van der Waals surface area contributed by atoms with Crippen molar-refractivity contribution in [3.63, 3.8) is 0 Å². The number of halogens is 1. The van der Waals surface area contributed by atoms with Crippen molar-refractivity contribution in [1.82, 2.24) is 14.9 Å². The van der Waals surface area contributed by atoms with Crippen molar-refractivity contribution >= 4 is 28.5 Å². The Balaban J connectivity index is 1.94. The number of carbonyl (C=O) groups excluding carboxylic acids is 1. The molecule has 4 rings (SSSR count). The first-order chi connectivity index (χ1) is 15.4. The zero-order valence-corrected chi connectivity index (χ0v) is 19.4. The van der Waals surface area contributed by atoms with Gasteiger partial charge in [-0.3, -0.25) is 4.98 Å². The number of rotatable bonds is 6. The Morgan fingerprint density at radius 3 is 2.50 bits per heavy atom. The summed E-state index contributed by atoms with van der Waals surface area (Å²) >= 11 is 6.06. The molecule has 5 nitrogen and oxygen atoms in total. The topological polar surface area (TPSA) is 58.2 Å². The molecule has 0 saturated carbocycles. The molecule has 6 heteroatoms. The molecular weight excluding hydrogens is 422 g/mol. The molecule has 0 aliphatic heterocycles.